The molecule has 1 amide bonds. The first-order valence-electron chi connectivity index (χ1n) is 6.83. The highest BCUT2D eigenvalue weighted by atomic mass is 16.2. The smallest absolute Gasteiger partial charge is 0.256 e. The van der Waals surface area contributed by atoms with Gasteiger partial charge in [0.25, 0.3) is 5.91 Å². The molecule has 1 heterocycles. The quantitative estimate of drug-likeness (QED) is 0.391. The van der Waals surface area contributed by atoms with E-state index < -0.39 is 5.91 Å². The van der Waals surface area contributed by atoms with E-state index in [1.165, 1.54) is 6.20 Å². The van der Waals surface area contributed by atoms with E-state index in [-0.39, 0.29) is 5.57 Å². The fraction of sp³-hybridized carbons (Fsp3) is 0.118. The Labute approximate surface area is 128 Å². The second-order valence-electron chi connectivity index (χ2n) is 4.67. The summed E-state index contributed by atoms with van der Waals surface area (Å²) in [7, 11) is 1.84. The van der Waals surface area contributed by atoms with Gasteiger partial charge in [0, 0.05) is 26.0 Å². The number of amides is 1. The third-order valence-corrected chi connectivity index (χ3v) is 3.05. The van der Waals surface area contributed by atoms with Crippen LogP contribution < -0.4 is 10.8 Å². The molecule has 0 bridgehead atoms. The van der Waals surface area contributed by atoms with Crippen LogP contribution >= 0.6 is 0 Å². The number of hydrogen-bond donors (Lipinski definition) is 1. The maximum atomic E-state index is 12.0. The second kappa shape index (κ2) is 7.73. The summed E-state index contributed by atoms with van der Waals surface area (Å²) in [6.45, 7) is 0.365. The van der Waals surface area contributed by atoms with E-state index >= 15 is 0 Å². The molecule has 1 N–H and O–H groups in total. The van der Waals surface area contributed by atoms with Crippen molar-refractivity contribution in [2.45, 2.75) is 6.54 Å². The number of carbonyl (C=O) groups is 2. The van der Waals surface area contributed by atoms with Crippen molar-refractivity contribution in [1.29, 1.82) is 0 Å². The molecular weight excluding hydrogens is 278 g/mol. The van der Waals surface area contributed by atoms with Gasteiger partial charge in [0.05, 0.1) is 5.57 Å². The molecule has 0 aliphatic rings. The topological polar surface area (TPSA) is 63.5 Å². The van der Waals surface area contributed by atoms with Crippen LogP contribution in [0.1, 0.15) is 5.56 Å². The molecule has 5 heteroatoms. The molecule has 5 nitrogen and oxygen atoms in total. The minimum absolute atomic E-state index is 0.0141. The van der Waals surface area contributed by atoms with Crippen LogP contribution in [0.15, 0.2) is 71.5 Å². The minimum atomic E-state index is -0.443. The van der Waals surface area contributed by atoms with Crippen molar-refractivity contribution in [3.05, 3.63) is 77.6 Å². The highest BCUT2D eigenvalue weighted by Crippen LogP contribution is 1.98. The Morgan fingerprint density at radius 2 is 1.91 bits per heavy atom. The molecule has 0 aliphatic heterocycles. The largest absolute Gasteiger partial charge is 0.348 e. The van der Waals surface area contributed by atoms with Crippen LogP contribution in [0.4, 0.5) is 0 Å². The Balaban J connectivity index is 2.09. The molecule has 112 valence electrons. The molecule has 22 heavy (non-hydrogen) atoms. The van der Waals surface area contributed by atoms with Gasteiger partial charge in [-0.1, -0.05) is 36.4 Å². The van der Waals surface area contributed by atoms with Crippen LogP contribution in [-0.2, 0) is 23.2 Å². The van der Waals surface area contributed by atoms with Crippen LogP contribution in [0.2, 0.25) is 0 Å². The molecule has 0 atom stereocenters. The highest BCUT2D eigenvalue weighted by molar-refractivity contribution is 6.10. The monoisotopic (exact) mass is 295 g/mol. The first-order chi connectivity index (χ1) is 10.7. The van der Waals surface area contributed by atoms with Gasteiger partial charge in [-0.2, -0.15) is 0 Å². The second-order valence-corrected chi connectivity index (χ2v) is 4.67. The molecule has 0 radical (unpaired) electrons. The molecule has 0 saturated heterocycles. The zero-order chi connectivity index (χ0) is 15.8. The summed E-state index contributed by atoms with van der Waals surface area (Å²) >= 11 is 0. The van der Waals surface area contributed by atoms with Crippen LogP contribution in [0.3, 0.4) is 0 Å². The van der Waals surface area contributed by atoms with Gasteiger partial charge >= 0.3 is 0 Å². The SMILES string of the molecule is Cn1ccccc1=N/C=C(\C=O)C(=O)NCc1ccccc1. The lowest BCUT2D eigenvalue weighted by molar-refractivity contribution is -0.119. The van der Waals surface area contributed by atoms with Crippen LogP contribution in [0.5, 0.6) is 0 Å². The zero-order valence-corrected chi connectivity index (χ0v) is 12.3. The highest BCUT2D eigenvalue weighted by Gasteiger charge is 2.07. The lowest BCUT2D eigenvalue weighted by Gasteiger charge is -2.04. The number of aldehydes is 1. The van der Waals surface area contributed by atoms with E-state index in [0.717, 1.165) is 5.56 Å². The van der Waals surface area contributed by atoms with Crippen LogP contribution in [-0.4, -0.2) is 16.8 Å². The van der Waals surface area contributed by atoms with Gasteiger partial charge in [-0.15, -0.1) is 0 Å². The van der Waals surface area contributed by atoms with E-state index in [4.69, 9.17) is 0 Å². The standard InChI is InChI=1S/C17H17N3O2/c1-20-10-6-5-9-16(20)18-12-15(13-21)17(22)19-11-14-7-3-2-4-8-14/h2-10,12-13H,11H2,1H3,(H,19,22)/b15-12+,18-16?. The van der Waals surface area contributed by atoms with Crippen molar-refractivity contribution in [1.82, 2.24) is 9.88 Å². The van der Waals surface area contributed by atoms with Crippen molar-refractivity contribution in [2.24, 2.45) is 12.0 Å². The van der Waals surface area contributed by atoms with Crippen molar-refractivity contribution < 1.29 is 9.59 Å². The van der Waals surface area contributed by atoms with E-state index in [1.807, 2.05) is 55.7 Å². The van der Waals surface area contributed by atoms with Crippen LogP contribution in [0.25, 0.3) is 0 Å². The molecule has 2 aromatic rings. The summed E-state index contributed by atoms with van der Waals surface area (Å²) in [5.74, 6) is -0.443. The summed E-state index contributed by atoms with van der Waals surface area (Å²) in [6.07, 6.45) is 3.62. The van der Waals surface area contributed by atoms with Crippen LogP contribution in [0, 0.1) is 0 Å². The van der Waals surface area contributed by atoms with E-state index in [1.54, 1.807) is 10.6 Å². The maximum Gasteiger partial charge on any atom is 0.256 e. The molecule has 0 spiro atoms. The van der Waals surface area contributed by atoms with Crippen molar-refractivity contribution >= 4 is 12.2 Å². The van der Waals surface area contributed by atoms with Gasteiger partial charge in [-0.25, -0.2) is 4.99 Å². The number of aryl methyl sites for hydroxylation is 1. The van der Waals surface area contributed by atoms with Gasteiger partial charge < -0.3 is 9.88 Å². The summed E-state index contributed by atoms with van der Waals surface area (Å²) in [5, 5.41) is 2.70. The molecule has 0 saturated carbocycles. The molecule has 2 rings (SSSR count). The number of aromatic nitrogens is 1. The summed E-state index contributed by atoms with van der Waals surface area (Å²) in [6, 6.07) is 15.0. The summed E-state index contributed by atoms with van der Waals surface area (Å²) in [5.41, 5.74) is 1.60. The van der Waals surface area contributed by atoms with Crippen molar-refractivity contribution in [3.63, 3.8) is 0 Å². The van der Waals surface area contributed by atoms with E-state index in [2.05, 4.69) is 10.3 Å². The average molecular weight is 295 g/mol. The van der Waals surface area contributed by atoms with Gasteiger partial charge in [-0.05, 0) is 17.7 Å². The Hall–Kier alpha value is -2.95. The number of benzene rings is 1. The fourth-order valence-electron chi connectivity index (χ4n) is 1.81. The normalized spacial score (nSPS) is 12.0. The first-order valence-corrected chi connectivity index (χ1v) is 6.83. The number of rotatable bonds is 5. The predicted octanol–water partition coefficient (Wildman–Crippen LogP) is 1.32. The number of pyridine rings is 1. The predicted molar refractivity (Wildman–Crippen MR) is 83.4 cm³/mol. The van der Waals surface area contributed by atoms with Crippen molar-refractivity contribution in [2.75, 3.05) is 0 Å². The molecule has 0 unspecified atom stereocenters. The minimum Gasteiger partial charge on any atom is -0.348 e. The lowest BCUT2D eigenvalue weighted by Crippen LogP contribution is -2.25. The molecule has 1 aromatic heterocycles. The fourth-order valence-corrected chi connectivity index (χ4v) is 1.81. The van der Waals surface area contributed by atoms with Gasteiger partial charge in [-0.3, -0.25) is 9.59 Å². The first kappa shape index (κ1) is 15.4. The van der Waals surface area contributed by atoms with Gasteiger partial charge in [0.1, 0.15) is 5.49 Å². The molecule has 1 aromatic carbocycles. The summed E-state index contributed by atoms with van der Waals surface area (Å²) in [4.78, 5) is 27.2. The molecule has 0 aliphatic carbocycles. The van der Waals surface area contributed by atoms with E-state index in [0.29, 0.717) is 18.3 Å². The third-order valence-electron chi connectivity index (χ3n) is 3.05. The van der Waals surface area contributed by atoms with Gasteiger partial charge in [0.2, 0.25) is 0 Å². The number of hydrogen-bond acceptors (Lipinski definition) is 3. The number of carbonyl (C=O) groups excluding carboxylic acids is 2. The summed E-state index contributed by atoms with van der Waals surface area (Å²) < 4.78 is 1.79. The third kappa shape index (κ3) is 4.28. The maximum absolute atomic E-state index is 12.0. The Bertz CT molecular complexity index is 746. The van der Waals surface area contributed by atoms with E-state index in [9.17, 15) is 9.59 Å². The average Bonchev–Trinajstić information content (AvgIpc) is 2.56. The van der Waals surface area contributed by atoms with Crippen molar-refractivity contribution in [3.8, 4) is 0 Å². The zero-order valence-electron chi connectivity index (χ0n) is 12.3. The Kier molecular flexibility index (Phi) is 5.43. The number of nitrogens with one attached hydrogen (secondary N) is 1. The lowest BCUT2D eigenvalue weighted by atomic mass is 10.2. The van der Waals surface area contributed by atoms with Gasteiger partial charge in [0.15, 0.2) is 6.29 Å². The number of nitrogens with zero attached hydrogens (tertiary/aromatic N) is 2. The molecule has 0 fully saturated rings. The molecular formula is C17H17N3O2. The Morgan fingerprint density at radius 1 is 1.18 bits per heavy atom. The Morgan fingerprint density at radius 3 is 2.59 bits per heavy atom.